The second kappa shape index (κ2) is 8.34. The molecule has 0 saturated carbocycles. The van der Waals surface area contributed by atoms with E-state index in [-0.39, 0.29) is 23.6 Å². The number of methoxy groups -OCH3 is 4. The van der Waals surface area contributed by atoms with Crippen LogP contribution in [0.4, 0.5) is 5.69 Å². The summed E-state index contributed by atoms with van der Waals surface area (Å²) in [6, 6.07) is 8.48. The lowest BCUT2D eigenvalue weighted by Gasteiger charge is -2.47. The number of carbonyl (C=O) groups excluding carboxylic acids is 1. The van der Waals surface area contributed by atoms with Crippen LogP contribution in [0.5, 0.6) is 28.7 Å². The van der Waals surface area contributed by atoms with Crippen molar-refractivity contribution >= 4 is 34.2 Å². The summed E-state index contributed by atoms with van der Waals surface area (Å²) >= 11 is 2.21. The van der Waals surface area contributed by atoms with Gasteiger partial charge in [-0.25, -0.2) is 0 Å². The fourth-order valence-electron chi connectivity index (χ4n) is 3.47. The molecule has 150 valence electrons. The average Bonchev–Trinajstić information content (AvgIpc) is 2.71. The van der Waals surface area contributed by atoms with Crippen molar-refractivity contribution < 1.29 is 28.8 Å². The normalized spacial score (nSPS) is 18.5. The Morgan fingerprint density at radius 2 is 1.57 bits per heavy atom. The van der Waals surface area contributed by atoms with Crippen molar-refractivity contribution in [2.75, 3.05) is 37.8 Å². The van der Waals surface area contributed by atoms with E-state index in [2.05, 4.69) is 22.6 Å². The third-order valence-electron chi connectivity index (χ3n) is 4.85. The van der Waals surface area contributed by atoms with Crippen molar-refractivity contribution in [3.8, 4) is 28.7 Å². The molecule has 8 heteroatoms. The van der Waals surface area contributed by atoms with Gasteiger partial charge in [0, 0.05) is 16.6 Å². The number of hydrogen-bond acceptors (Lipinski definition) is 6. The lowest BCUT2D eigenvalue weighted by Crippen LogP contribution is -2.56. The molecule has 0 radical (unpaired) electrons. The largest absolute Gasteiger partial charge is 0.504 e. The monoisotopic (exact) mass is 499 g/mol. The number of phenols is 1. The number of halogens is 1. The quantitative estimate of drug-likeness (QED) is 0.357. The van der Waals surface area contributed by atoms with Gasteiger partial charge >= 0.3 is 0 Å². The maximum absolute atomic E-state index is 12.9. The molecule has 0 aromatic heterocycles. The summed E-state index contributed by atoms with van der Waals surface area (Å²) in [4.78, 5) is 14.5. The third-order valence-corrected chi connectivity index (χ3v) is 5.80. The van der Waals surface area contributed by atoms with Gasteiger partial charge in [0.05, 0.1) is 46.1 Å². The maximum Gasteiger partial charge on any atom is 0.233 e. The van der Waals surface area contributed by atoms with Gasteiger partial charge in [-0.2, -0.15) is 0 Å². The number of nitrogens with zero attached hydrogens (tertiary/aromatic N) is 1. The van der Waals surface area contributed by atoms with Crippen LogP contribution in [0.15, 0.2) is 30.3 Å². The number of alkyl halides is 1. The molecule has 1 aliphatic rings. The number of β-lactam (4-membered cyclic amide) rings is 1. The summed E-state index contributed by atoms with van der Waals surface area (Å²) < 4.78 is 22.0. The third kappa shape index (κ3) is 3.30. The van der Waals surface area contributed by atoms with E-state index in [4.69, 9.17) is 18.9 Å². The molecule has 28 heavy (non-hydrogen) atoms. The predicted molar refractivity (Wildman–Crippen MR) is 113 cm³/mol. The zero-order chi connectivity index (χ0) is 20.4. The first-order valence-electron chi connectivity index (χ1n) is 8.56. The summed E-state index contributed by atoms with van der Waals surface area (Å²) in [5.74, 6) is 1.65. The molecule has 0 unspecified atom stereocenters. The molecule has 1 saturated heterocycles. The van der Waals surface area contributed by atoms with Crippen LogP contribution in [0, 0.1) is 5.92 Å². The average molecular weight is 499 g/mol. The summed E-state index contributed by atoms with van der Waals surface area (Å²) in [7, 11) is 6.10. The number of hydrogen-bond donors (Lipinski definition) is 1. The molecule has 0 spiro atoms. The molecule has 1 aliphatic heterocycles. The number of rotatable bonds is 7. The van der Waals surface area contributed by atoms with E-state index in [9.17, 15) is 9.90 Å². The van der Waals surface area contributed by atoms with Gasteiger partial charge in [-0.05, 0) is 17.7 Å². The Kier molecular flexibility index (Phi) is 6.07. The van der Waals surface area contributed by atoms with E-state index in [1.807, 2.05) is 6.07 Å². The molecule has 1 fully saturated rings. The van der Waals surface area contributed by atoms with Crippen LogP contribution in [0.1, 0.15) is 11.6 Å². The fourth-order valence-corrected chi connectivity index (χ4v) is 4.32. The number of aromatic hydroxyl groups is 1. The van der Waals surface area contributed by atoms with Crippen LogP contribution < -0.4 is 23.8 Å². The first-order valence-corrected chi connectivity index (χ1v) is 10.1. The van der Waals surface area contributed by atoms with E-state index >= 15 is 0 Å². The van der Waals surface area contributed by atoms with Crippen LogP contribution in [-0.2, 0) is 4.79 Å². The molecule has 0 bridgehead atoms. The van der Waals surface area contributed by atoms with Crippen LogP contribution in [0.25, 0.3) is 0 Å². The molecule has 2 atom stereocenters. The van der Waals surface area contributed by atoms with Gasteiger partial charge in [0.1, 0.15) is 0 Å². The van der Waals surface area contributed by atoms with Gasteiger partial charge in [0.25, 0.3) is 0 Å². The van der Waals surface area contributed by atoms with E-state index in [0.717, 1.165) is 5.56 Å². The molecule has 2 aromatic rings. The zero-order valence-electron chi connectivity index (χ0n) is 16.1. The smallest absolute Gasteiger partial charge is 0.233 e. The fraction of sp³-hybridized carbons (Fsp3) is 0.350. The van der Waals surface area contributed by atoms with E-state index in [1.54, 1.807) is 29.2 Å². The van der Waals surface area contributed by atoms with Crippen molar-refractivity contribution in [3.63, 3.8) is 0 Å². The Labute approximate surface area is 177 Å². The molecule has 0 aliphatic carbocycles. The number of amides is 1. The van der Waals surface area contributed by atoms with E-state index in [1.165, 1.54) is 28.4 Å². The number of carbonyl (C=O) groups is 1. The van der Waals surface area contributed by atoms with Crippen LogP contribution >= 0.6 is 22.6 Å². The van der Waals surface area contributed by atoms with Crippen LogP contribution in [0.2, 0.25) is 0 Å². The highest BCUT2D eigenvalue weighted by Crippen LogP contribution is 2.49. The standard InChI is InChI=1S/C20H22INO6/c1-25-15-6-5-11(7-14(15)23)18-13(10-21)20(24)22(18)12-8-16(26-2)19(28-4)17(9-12)27-3/h5-9,13,18,23H,10H2,1-4H3/t13-,18-/m0/s1. The highest BCUT2D eigenvalue weighted by Gasteiger charge is 2.48. The van der Waals surface area contributed by atoms with Gasteiger partial charge in [0.2, 0.25) is 11.7 Å². The first-order chi connectivity index (χ1) is 13.5. The highest BCUT2D eigenvalue weighted by atomic mass is 127. The van der Waals surface area contributed by atoms with Gasteiger partial charge < -0.3 is 29.0 Å². The first kappa shape index (κ1) is 20.4. The Bertz CT molecular complexity index is 862. The minimum absolute atomic E-state index is 0.00369. The number of benzene rings is 2. The number of anilines is 1. The van der Waals surface area contributed by atoms with Gasteiger partial charge in [-0.15, -0.1) is 0 Å². The minimum Gasteiger partial charge on any atom is -0.504 e. The summed E-state index contributed by atoms with van der Waals surface area (Å²) in [5.41, 5.74) is 1.47. The molecule has 2 aromatic carbocycles. The van der Waals surface area contributed by atoms with Crippen LogP contribution in [0.3, 0.4) is 0 Å². The number of ether oxygens (including phenoxy) is 4. The maximum atomic E-state index is 12.9. The summed E-state index contributed by atoms with van der Waals surface area (Å²) in [6.07, 6.45) is 0. The van der Waals surface area contributed by atoms with Gasteiger partial charge in [-0.3, -0.25) is 4.79 Å². The Morgan fingerprint density at radius 3 is 2.04 bits per heavy atom. The van der Waals surface area contributed by atoms with Crippen LogP contribution in [-0.4, -0.2) is 43.9 Å². The van der Waals surface area contributed by atoms with Gasteiger partial charge in [-0.1, -0.05) is 28.7 Å². The molecule has 1 N–H and O–H groups in total. The SMILES string of the molecule is COc1ccc([C@H]2[C@H](CI)C(=O)N2c2cc(OC)c(OC)c(OC)c2)cc1O. The molecule has 3 rings (SSSR count). The van der Waals surface area contributed by atoms with E-state index < -0.39 is 0 Å². The van der Waals surface area contributed by atoms with Crippen molar-refractivity contribution in [1.29, 1.82) is 0 Å². The molecular weight excluding hydrogens is 477 g/mol. The van der Waals surface area contributed by atoms with Crippen molar-refractivity contribution in [1.82, 2.24) is 0 Å². The highest BCUT2D eigenvalue weighted by molar-refractivity contribution is 14.1. The Balaban J connectivity index is 2.07. The molecule has 7 nitrogen and oxygen atoms in total. The summed E-state index contributed by atoms with van der Waals surface area (Å²) in [5, 5.41) is 10.2. The second-order valence-electron chi connectivity index (χ2n) is 6.23. The Morgan fingerprint density at radius 1 is 0.964 bits per heavy atom. The minimum atomic E-state index is -0.219. The molecule has 1 heterocycles. The van der Waals surface area contributed by atoms with Crippen molar-refractivity contribution in [2.45, 2.75) is 6.04 Å². The second-order valence-corrected chi connectivity index (χ2v) is 7.11. The Hall–Kier alpha value is -2.36. The van der Waals surface area contributed by atoms with Gasteiger partial charge in [0.15, 0.2) is 23.0 Å². The van der Waals surface area contributed by atoms with E-state index in [0.29, 0.717) is 33.1 Å². The van der Waals surface area contributed by atoms with Crippen molar-refractivity contribution in [2.24, 2.45) is 5.92 Å². The lowest BCUT2D eigenvalue weighted by molar-refractivity contribution is -0.129. The lowest BCUT2D eigenvalue weighted by atomic mass is 9.83. The number of phenolic OH excluding ortho intramolecular Hbond substituents is 1. The van der Waals surface area contributed by atoms with Crippen molar-refractivity contribution in [3.05, 3.63) is 35.9 Å². The summed E-state index contributed by atoms with van der Waals surface area (Å²) in [6.45, 7) is 0. The zero-order valence-corrected chi connectivity index (χ0v) is 18.2. The molecule has 1 amide bonds. The topological polar surface area (TPSA) is 77.5 Å². The molecular formula is C20H22INO6. The predicted octanol–water partition coefficient (Wildman–Crippen LogP) is 3.57.